The van der Waals surface area contributed by atoms with E-state index in [4.69, 9.17) is 9.15 Å². The van der Waals surface area contributed by atoms with Crippen LogP contribution in [0.5, 0.6) is 5.88 Å². The van der Waals surface area contributed by atoms with Crippen LogP contribution in [0, 0.1) is 0 Å². The molecule has 2 aromatic rings. The van der Waals surface area contributed by atoms with Crippen LogP contribution in [0.25, 0.3) is 0 Å². The number of rotatable bonds is 4. The zero-order valence-corrected chi connectivity index (χ0v) is 12.1. The fourth-order valence-corrected chi connectivity index (χ4v) is 1.87. The molecule has 0 spiro atoms. The summed E-state index contributed by atoms with van der Waals surface area (Å²) in [6, 6.07) is 5.04. The Balaban J connectivity index is 2.19. The van der Waals surface area contributed by atoms with Gasteiger partial charge >= 0.3 is 0 Å². The number of halogens is 1. The van der Waals surface area contributed by atoms with Crippen molar-refractivity contribution in [3.05, 3.63) is 40.9 Å². The molecular weight excluding hydrogens is 312 g/mol. The minimum atomic E-state index is -0.290. The van der Waals surface area contributed by atoms with E-state index in [-0.39, 0.29) is 12.0 Å². The van der Waals surface area contributed by atoms with Crippen LogP contribution < -0.4 is 10.1 Å². The lowest BCUT2D eigenvalue weighted by atomic mass is 10.3. The van der Waals surface area contributed by atoms with E-state index in [0.717, 1.165) is 0 Å². The SMILES string of the molecule is CC(C)Oc1ncccc1NC(=O)c1ccoc1Br. The number of nitrogens with zero attached hydrogens (tertiary/aromatic N) is 1. The molecule has 0 saturated heterocycles. The molecule has 0 saturated carbocycles. The Kier molecular flexibility index (Phi) is 4.21. The van der Waals surface area contributed by atoms with E-state index < -0.39 is 0 Å². The summed E-state index contributed by atoms with van der Waals surface area (Å²) in [5, 5.41) is 2.74. The summed E-state index contributed by atoms with van der Waals surface area (Å²) in [5.41, 5.74) is 0.939. The molecule has 2 aromatic heterocycles. The average molecular weight is 325 g/mol. The van der Waals surface area contributed by atoms with Crippen molar-refractivity contribution < 1.29 is 13.9 Å². The van der Waals surface area contributed by atoms with Gasteiger partial charge in [0.15, 0.2) is 4.67 Å². The van der Waals surface area contributed by atoms with Gasteiger partial charge in [-0.2, -0.15) is 0 Å². The van der Waals surface area contributed by atoms with Crippen LogP contribution in [0.4, 0.5) is 5.69 Å². The number of aromatic nitrogens is 1. The molecule has 5 nitrogen and oxygen atoms in total. The number of amides is 1. The molecule has 19 heavy (non-hydrogen) atoms. The first-order chi connectivity index (χ1) is 9.08. The number of anilines is 1. The van der Waals surface area contributed by atoms with Crippen LogP contribution in [0.2, 0.25) is 0 Å². The molecule has 0 radical (unpaired) electrons. The number of nitrogens with one attached hydrogen (secondary N) is 1. The molecule has 0 aliphatic rings. The molecule has 6 heteroatoms. The summed E-state index contributed by atoms with van der Waals surface area (Å²) < 4.78 is 10.9. The topological polar surface area (TPSA) is 64.4 Å². The summed E-state index contributed by atoms with van der Waals surface area (Å²) >= 11 is 3.16. The van der Waals surface area contributed by atoms with Crippen molar-refractivity contribution in [2.75, 3.05) is 5.32 Å². The molecule has 0 aliphatic heterocycles. The largest absolute Gasteiger partial charge is 0.473 e. The van der Waals surface area contributed by atoms with E-state index in [1.807, 2.05) is 13.8 Å². The second-order valence-corrected chi connectivity index (χ2v) is 4.81. The molecule has 2 heterocycles. The maximum absolute atomic E-state index is 12.0. The third-order valence-corrected chi connectivity index (χ3v) is 2.84. The quantitative estimate of drug-likeness (QED) is 0.935. The molecular formula is C13H13BrN2O3. The van der Waals surface area contributed by atoms with Crippen LogP contribution >= 0.6 is 15.9 Å². The van der Waals surface area contributed by atoms with Crippen molar-refractivity contribution in [3.8, 4) is 5.88 Å². The van der Waals surface area contributed by atoms with Crippen molar-refractivity contribution in [3.63, 3.8) is 0 Å². The standard InChI is InChI=1S/C13H13BrN2O3/c1-8(2)19-13-10(4-3-6-15-13)16-12(17)9-5-7-18-11(9)14/h3-8H,1-2H3,(H,16,17). The number of hydrogen-bond acceptors (Lipinski definition) is 4. The highest BCUT2D eigenvalue weighted by Crippen LogP contribution is 2.24. The lowest BCUT2D eigenvalue weighted by molar-refractivity contribution is 0.102. The molecule has 0 unspecified atom stereocenters. The normalized spacial score (nSPS) is 10.5. The highest BCUT2D eigenvalue weighted by atomic mass is 79.9. The van der Waals surface area contributed by atoms with E-state index in [0.29, 0.717) is 21.8 Å². The Bertz CT molecular complexity index is 581. The Morgan fingerprint density at radius 1 is 1.47 bits per heavy atom. The Morgan fingerprint density at radius 3 is 2.89 bits per heavy atom. The van der Waals surface area contributed by atoms with Crippen molar-refractivity contribution in [1.29, 1.82) is 0 Å². The molecule has 100 valence electrons. The number of pyridine rings is 1. The Labute approximate surface area is 119 Å². The first-order valence-electron chi connectivity index (χ1n) is 5.74. The molecule has 1 N–H and O–H groups in total. The first-order valence-corrected chi connectivity index (χ1v) is 6.53. The lowest BCUT2D eigenvalue weighted by Gasteiger charge is -2.13. The summed E-state index contributed by atoms with van der Waals surface area (Å²) in [6.45, 7) is 3.79. The number of carbonyl (C=O) groups excluding carboxylic acids is 1. The monoisotopic (exact) mass is 324 g/mol. The van der Waals surface area contributed by atoms with Crippen molar-refractivity contribution in [2.24, 2.45) is 0 Å². The maximum Gasteiger partial charge on any atom is 0.260 e. The minimum Gasteiger partial charge on any atom is -0.473 e. The molecule has 0 bridgehead atoms. The zero-order chi connectivity index (χ0) is 13.8. The average Bonchev–Trinajstić information content (AvgIpc) is 2.77. The Hall–Kier alpha value is -1.82. The van der Waals surface area contributed by atoms with Gasteiger partial charge in [0.1, 0.15) is 5.69 Å². The van der Waals surface area contributed by atoms with E-state index in [9.17, 15) is 4.79 Å². The van der Waals surface area contributed by atoms with Gasteiger partial charge in [-0.15, -0.1) is 0 Å². The van der Waals surface area contributed by atoms with Crippen molar-refractivity contribution in [2.45, 2.75) is 20.0 Å². The third-order valence-electron chi connectivity index (χ3n) is 2.23. The van der Waals surface area contributed by atoms with Crippen LogP contribution in [0.1, 0.15) is 24.2 Å². The van der Waals surface area contributed by atoms with Gasteiger partial charge in [-0.1, -0.05) is 0 Å². The summed E-state index contributed by atoms with van der Waals surface area (Å²) in [4.78, 5) is 16.2. The summed E-state index contributed by atoms with van der Waals surface area (Å²) in [7, 11) is 0. The van der Waals surface area contributed by atoms with Gasteiger partial charge in [-0.25, -0.2) is 4.98 Å². The molecule has 0 aliphatic carbocycles. The smallest absolute Gasteiger partial charge is 0.260 e. The van der Waals surface area contributed by atoms with Crippen LogP contribution in [0.3, 0.4) is 0 Å². The van der Waals surface area contributed by atoms with Gasteiger partial charge in [-0.3, -0.25) is 4.79 Å². The predicted octanol–water partition coefficient (Wildman–Crippen LogP) is 3.48. The second kappa shape index (κ2) is 5.88. The van der Waals surface area contributed by atoms with E-state index >= 15 is 0 Å². The van der Waals surface area contributed by atoms with Crippen LogP contribution in [0.15, 0.2) is 39.7 Å². The molecule has 0 atom stereocenters. The summed E-state index contributed by atoms with van der Waals surface area (Å²) in [6.07, 6.45) is 3.03. The van der Waals surface area contributed by atoms with Crippen molar-refractivity contribution >= 4 is 27.5 Å². The fraction of sp³-hybridized carbons (Fsp3) is 0.231. The summed E-state index contributed by atoms with van der Waals surface area (Å²) in [5.74, 6) is 0.104. The van der Waals surface area contributed by atoms with E-state index in [2.05, 4.69) is 26.2 Å². The Morgan fingerprint density at radius 2 is 2.26 bits per heavy atom. The lowest BCUT2D eigenvalue weighted by Crippen LogP contribution is -2.15. The second-order valence-electron chi connectivity index (χ2n) is 4.08. The maximum atomic E-state index is 12.0. The highest BCUT2D eigenvalue weighted by Gasteiger charge is 2.15. The minimum absolute atomic E-state index is 0.0220. The van der Waals surface area contributed by atoms with Gasteiger partial charge in [-0.05, 0) is 48.0 Å². The number of furan rings is 1. The molecule has 2 rings (SSSR count). The number of carbonyl (C=O) groups is 1. The highest BCUT2D eigenvalue weighted by molar-refractivity contribution is 9.10. The van der Waals surface area contributed by atoms with Gasteiger partial charge in [0.2, 0.25) is 5.88 Å². The number of hydrogen-bond donors (Lipinski definition) is 1. The molecule has 1 amide bonds. The van der Waals surface area contributed by atoms with Gasteiger partial charge < -0.3 is 14.5 Å². The van der Waals surface area contributed by atoms with Crippen LogP contribution in [-0.2, 0) is 0 Å². The molecule has 0 fully saturated rings. The van der Waals surface area contributed by atoms with Gasteiger partial charge in [0.25, 0.3) is 5.91 Å². The first kappa shape index (κ1) is 13.6. The zero-order valence-electron chi connectivity index (χ0n) is 10.5. The third kappa shape index (κ3) is 3.35. The number of ether oxygens (including phenoxy) is 1. The van der Waals surface area contributed by atoms with Crippen molar-refractivity contribution in [1.82, 2.24) is 4.98 Å². The van der Waals surface area contributed by atoms with Gasteiger partial charge in [0, 0.05) is 6.20 Å². The predicted molar refractivity (Wildman–Crippen MR) is 74.4 cm³/mol. The fourth-order valence-electron chi connectivity index (χ4n) is 1.45. The van der Waals surface area contributed by atoms with E-state index in [1.54, 1.807) is 24.4 Å². The molecule has 0 aromatic carbocycles. The van der Waals surface area contributed by atoms with E-state index in [1.165, 1.54) is 6.26 Å². The van der Waals surface area contributed by atoms with Crippen LogP contribution in [-0.4, -0.2) is 17.0 Å². The van der Waals surface area contributed by atoms with Gasteiger partial charge in [0.05, 0.1) is 17.9 Å².